The van der Waals surface area contributed by atoms with Crippen LogP contribution < -0.4 is 20.6 Å². The van der Waals surface area contributed by atoms with E-state index >= 15 is 0 Å². The minimum absolute atomic E-state index is 0.0163. The Balaban J connectivity index is 1.36. The Morgan fingerprint density at radius 1 is 1.19 bits per heavy atom. The van der Waals surface area contributed by atoms with Gasteiger partial charge in [0, 0.05) is 30.1 Å². The molecule has 0 unspecified atom stereocenters. The third kappa shape index (κ3) is 4.72. The lowest BCUT2D eigenvalue weighted by molar-refractivity contribution is -0.129. The van der Waals surface area contributed by atoms with Crippen LogP contribution in [-0.2, 0) is 4.79 Å². The molecule has 5 rings (SSSR count). The number of hydrogen-bond acceptors (Lipinski definition) is 6. The van der Waals surface area contributed by atoms with E-state index in [1.165, 1.54) is 6.21 Å². The van der Waals surface area contributed by atoms with Crippen LogP contribution in [0.15, 0.2) is 54.9 Å². The van der Waals surface area contributed by atoms with Crippen molar-refractivity contribution in [2.45, 2.75) is 32.4 Å². The molecule has 0 bridgehead atoms. The summed E-state index contributed by atoms with van der Waals surface area (Å²) >= 11 is 0. The average molecular weight is 500 g/mol. The summed E-state index contributed by atoms with van der Waals surface area (Å²) in [6.07, 6.45) is 3.26. The summed E-state index contributed by atoms with van der Waals surface area (Å²) in [6.45, 7) is 4.63. The summed E-state index contributed by atoms with van der Waals surface area (Å²) in [5.41, 5.74) is 11.4. The minimum atomic E-state index is -0.251. The monoisotopic (exact) mass is 499 g/mol. The number of ether oxygens (including phenoxy) is 2. The van der Waals surface area contributed by atoms with E-state index in [1.54, 1.807) is 19.5 Å². The number of fused-ring (bicyclic) bond motifs is 1. The highest BCUT2D eigenvalue weighted by molar-refractivity contribution is 5.88. The lowest BCUT2D eigenvalue weighted by atomic mass is 10.0. The Bertz CT molecular complexity index is 1450. The average Bonchev–Trinajstić information content (AvgIpc) is 3.55. The van der Waals surface area contributed by atoms with Crippen LogP contribution in [0.3, 0.4) is 0 Å². The van der Waals surface area contributed by atoms with Gasteiger partial charge in [0.15, 0.2) is 11.7 Å². The van der Waals surface area contributed by atoms with Crippen LogP contribution in [0.4, 0.5) is 5.69 Å². The molecule has 0 saturated carbocycles. The van der Waals surface area contributed by atoms with Crippen molar-refractivity contribution in [1.29, 1.82) is 0 Å². The number of anilines is 1. The molecule has 9 heteroatoms. The first-order valence-corrected chi connectivity index (χ1v) is 12.3. The number of aromatic nitrogens is 3. The van der Waals surface area contributed by atoms with Gasteiger partial charge in [-0.1, -0.05) is 18.2 Å². The van der Waals surface area contributed by atoms with Crippen molar-refractivity contribution in [2.75, 3.05) is 19.4 Å². The standard InChI is InChI=1S/C28H30N6O3/c1-16(18-4-7-22(36-3)8-5-18)34-14-21(11-26(34)35)17(2)37-28-27-25(31-15-32-27)12-24(33-28)19-6-9-23(30)20(10-19)13-29/h4-10,12-13,15-17,21,29H,11,14,30H2,1-3H3,(H,31,32)/p+1/t16-,17-,21-/m1/s1. The van der Waals surface area contributed by atoms with Gasteiger partial charge < -0.3 is 25.1 Å². The number of amides is 1. The number of likely N-dealkylation sites (tertiary alicyclic amines) is 1. The number of carbonyl (C=O) groups excluding carboxylic acids is 1. The summed E-state index contributed by atoms with van der Waals surface area (Å²) in [5.74, 6) is 1.34. The van der Waals surface area contributed by atoms with E-state index in [2.05, 4.69) is 9.97 Å². The molecule has 1 aliphatic rings. The Morgan fingerprint density at radius 2 is 1.97 bits per heavy atom. The summed E-state index contributed by atoms with van der Waals surface area (Å²) in [4.78, 5) is 27.2. The van der Waals surface area contributed by atoms with Crippen LogP contribution in [0.2, 0.25) is 0 Å². The van der Waals surface area contributed by atoms with Crippen LogP contribution in [0.5, 0.6) is 11.6 Å². The number of pyridine rings is 1. The number of methoxy groups -OCH3 is 1. The molecular formula is C28H31N6O3+. The molecular weight excluding hydrogens is 468 g/mol. The van der Waals surface area contributed by atoms with Gasteiger partial charge in [0.25, 0.3) is 0 Å². The molecule has 0 radical (unpaired) electrons. The second-order valence-electron chi connectivity index (χ2n) is 9.40. The lowest BCUT2D eigenvalue weighted by Gasteiger charge is -2.26. The molecule has 4 aromatic rings. The molecule has 3 heterocycles. The number of nitrogens with zero attached hydrogens (tertiary/aromatic N) is 3. The van der Waals surface area contributed by atoms with Crippen LogP contribution in [-0.4, -0.2) is 51.7 Å². The Kier molecular flexibility index (Phi) is 6.52. The number of nitrogen functional groups attached to an aromatic ring is 1. The third-order valence-electron chi connectivity index (χ3n) is 7.15. The van der Waals surface area contributed by atoms with E-state index in [9.17, 15) is 4.79 Å². The molecule has 2 aromatic heterocycles. The van der Waals surface area contributed by atoms with Crippen LogP contribution in [0.1, 0.15) is 37.4 Å². The number of carbonyl (C=O) groups is 1. The quantitative estimate of drug-likeness (QED) is 0.252. The second-order valence-corrected chi connectivity index (χ2v) is 9.40. The third-order valence-corrected chi connectivity index (χ3v) is 7.15. The van der Waals surface area contributed by atoms with Crippen molar-refractivity contribution in [3.8, 4) is 22.9 Å². The summed E-state index contributed by atoms with van der Waals surface area (Å²) in [6, 6.07) is 15.3. The first-order valence-electron chi connectivity index (χ1n) is 12.3. The molecule has 5 N–H and O–H groups in total. The number of benzene rings is 2. The summed E-state index contributed by atoms with van der Waals surface area (Å²) < 4.78 is 11.6. The molecule has 190 valence electrons. The largest absolute Gasteiger partial charge is 0.497 e. The molecule has 3 atom stereocenters. The van der Waals surface area contributed by atoms with Crippen LogP contribution in [0, 0.1) is 5.92 Å². The van der Waals surface area contributed by atoms with Crippen molar-refractivity contribution in [1.82, 2.24) is 19.9 Å². The van der Waals surface area contributed by atoms with Gasteiger partial charge >= 0.3 is 0 Å². The SMILES string of the molecule is COc1ccc([C@@H](C)N2C[C@H]([C@@H](C)Oc3nc(-c4ccc(N)c(C=[NH2+])c4)cc4[nH]cnc34)CC2=O)cc1. The smallest absolute Gasteiger partial charge is 0.243 e. The highest BCUT2D eigenvalue weighted by Gasteiger charge is 2.37. The Labute approximate surface area is 215 Å². The number of rotatable bonds is 8. The van der Waals surface area contributed by atoms with Gasteiger partial charge in [-0.05, 0) is 49.7 Å². The zero-order valence-corrected chi connectivity index (χ0v) is 21.1. The van der Waals surface area contributed by atoms with Crippen molar-refractivity contribution >= 4 is 28.8 Å². The van der Waals surface area contributed by atoms with Gasteiger partial charge in [0.1, 0.15) is 11.9 Å². The normalized spacial score (nSPS) is 17.1. The van der Waals surface area contributed by atoms with E-state index in [4.69, 9.17) is 25.6 Å². The van der Waals surface area contributed by atoms with Crippen LogP contribution in [0.25, 0.3) is 22.3 Å². The second kappa shape index (κ2) is 9.93. The van der Waals surface area contributed by atoms with E-state index in [0.717, 1.165) is 28.0 Å². The van der Waals surface area contributed by atoms with Gasteiger partial charge in [-0.3, -0.25) is 10.2 Å². The van der Waals surface area contributed by atoms with Crippen LogP contribution >= 0.6 is 0 Å². The van der Waals surface area contributed by atoms with Crippen molar-refractivity contribution in [3.05, 3.63) is 66.0 Å². The van der Waals surface area contributed by atoms with Gasteiger partial charge in [0.05, 0.1) is 36.3 Å². The van der Waals surface area contributed by atoms with E-state index < -0.39 is 0 Å². The number of nitrogens with one attached hydrogen (secondary N) is 1. The molecule has 1 fully saturated rings. The number of aromatic amines is 1. The molecule has 37 heavy (non-hydrogen) atoms. The maximum absolute atomic E-state index is 13.0. The zero-order chi connectivity index (χ0) is 26.1. The predicted molar refractivity (Wildman–Crippen MR) is 142 cm³/mol. The minimum Gasteiger partial charge on any atom is -0.497 e. The fourth-order valence-corrected chi connectivity index (χ4v) is 4.81. The van der Waals surface area contributed by atoms with Crippen molar-refractivity contribution in [2.24, 2.45) is 5.92 Å². The predicted octanol–water partition coefficient (Wildman–Crippen LogP) is 2.77. The maximum Gasteiger partial charge on any atom is 0.243 e. The fourth-order valence-electron chi connectivity index (χ4n) is 4.81. The zero-order valence-electron chi connectivity index (χ0n) is 21.1. The Hall–Kier alpha value is -4.40. The molecule has 0 aliphatic carbocycles. The molecule has 1 aliphatic heterocycles. The highest BCUT2D eigenvalue weighted by atomic mass is 16.5. The lowest BCUT2D eigenvalue weighted by Crippen LogP contribution is -2.31. The highest BCUT2D eigenvalue weighted by Crippen LogP contribution is 2.34. The van der Waals surface area contributed by atoms with E-state index in [0.29, 0.717) is 35.7 Å². The van der Waals surface area contributed by atoms with E-state index in [1.807, 2.05) is 61.2 Å². The molecule has 9 nitrogen and oxygen atoms in total. The van der Waals surface area contributed by atoms with Gasteiger partial charge in [-0.15, -0.1) is 0 Å². The molecule has 1 amide bonds. The van der Waals surface area contributed by atoms with Gasteiger partial charge in [0.2, 0.25) is 11.8 Å². The molecule has 2 aromatic carbocycles. The number of nitrogens with two attached hydrogens (primary N) is 2. The van der Waals surface area contributed by atoms with Crippen molar-refractivity contribution < 1.29 is 19.7 Å². The number of H-pyrrole nitrogens is 1. The maximum atomic E-state index is 13.0. The van der Waals surface area contributed by atoms with E-state index in [-0.39, 0.29) is 24.0 Å². The summed E-state index contributed by atoms with van der Waals surface area (Å²) in [5, 5.41) is 5.73. The van der Waals surface area contributed by atoms with Gasteiger partial charge in [-0.2, -0.15) is 0 Å². The first kappa shape index (κ1) is 24.3. The molecule has 0 spiro atoms. The molecule has 1 saturated heterocycles. The first-order chi connectivity index (χ1) is 17.9. The number of hydrogen-bond donors (Lipinski definition) is 3. The van der Waals surface area contributed by atoms with Crippen molar-refractivity contribution in [3.63, 3.8) is 0 Å². The topological polar surface area (TPSA) is 132 Å². The Morgan fingerprint density at radius 3 is 2.70 bits per heavy atom. The number of imidazole rings is 1. The summed E-state index contributed by atoms with van der Waals surface area (Å²) in [7, 11) is 1.64. The van der Waals surface area contributed by atoms with Gasteiger partial charge in [-0.25, -0.2) is 9.97 Å². The fraction of sp³-hybridized carbons (Fsp3) is 0.286.